The molecule has 0 fully saturated rings. The molecule has 1 heterocycles. The Labute approximate surface area is 232 Å². The summed E-state index contributed by atoms with van der Waals surface area (Å²) in [4.78, 5) is 16.9. The van der Waals surface area contributed by atoms with Gasteiger partial charge in [-0.15, -0.1) is 0 Å². The fraction of sp³-hybridized carbons (Fsp3) is 0.0526. The summed E-state index contributed by atoms with van der Waals surface area (Å²) in [5.74, 6) is -0.738. The van der Waals surface area contributed by atoms with Crippen molar-refractivity contribution in [3.8, 4) is 22.5 Å². The first kappa shape index (κ1) is 26.6. The van der Waals surface area contributed by atoms with Crippen molar-refractivity contribution in [2.45, 2.75) is 0 Å². The van der Waals surface area contributed by atoms with E-state index < -0.39 is 5.97 Å². The molecule has 0 aliphatic carbocycles. The second kappa shape index (κ2) is 10.3. The van der Waals surface area contributed by atoms with Gasteiger partial charge in [-0.3, -0.25) is 0 Å². The van der Waals surface area contributed by atoms with Crippen molar-refractivity contribution in [2.75, 3.05) is 7.11 Å². The molecule has 1 aromatic heterocycles. The number of ether oxygens (including phenoxy) is 1. The lowest BCUT2D eigenvalue weighted by Crippen LogP contribution is -2.07. The predicted molar refractivity (Wildman–Crippen MR) is 137 cm³/mol. The van der Waals surface area contributed by atoms with Crippen LogP contribution in [-0.4, -0.2) is 18.1 Å². The molecule has 0 unspecified atom stereocenters. The highest BCUT2D eigenvalue weighted by Crippen LogP contribution is 2.51. The Morgan fingerprint density at radius 2 is 1.00 bits per heavy atom. The number of aromatic nitrogens is 1. The van der Waals surface area contributed by atoms with Gasteiger partial charge in [0.2, 0.25) is 0 Å². The van der Waals surface area contributed by atoms with E-state index in [1.54, 1.807) is 0 Å². The van der Waals surface area contributed by atoms with Gasteiger partial charge in [-0.05, 0) is 12.1 Å². The van der Waals surface area contributed by atoms with E-state index in [0.29, 0.717) is 0 Å². The number of pyridine rings is 1. The van der Waals surface area contributed by atoms with E-state index >= 15 is 0 Å². The van der Waals surface area contributed by atoms with Crippen molar-refractivity contribution in [3.63, 3.8) is 0 Å². The zero-order valence-corrected chi connectivity index (χ0v) is 22.8. The maximum absolute atomic E-state index is 12.4. The van der Waals surface area contributed by atoms with E-state index in [9.17, 15) is 4.79 Å². The van der Waals surface area contributed by atoms with Gasteiger partial charge in [0, 0.05) is 11.1 Å². The summed E-state index contributed by atoms with van der Waals surface area (Å²) in [7, 11) is 1.19. The van der Waals surface area contributed by atoms with E-state index in [1.165, 1.54) is 19.2 Å². The zero-order chi connectivity index (χ0) is 24.1. The Bertz CT molecular complexity index is 1230. The van der Waals surface area contributed by atoms with E-state index in [2.05, 4.69) is 4.98 Å². The molecule has 3 aromatic rings. The summed E-state index contributed by atoms with van der Waals surface area (Å²) in [6.45, 7) is 0. The van der Waals surface area contributed by atoms with Gasteiger partial charge in [0.1, 0.15) is 0 Å². The molecule has 0 aliphatic heterocycles. The first-order valence-electron chi connectivity index (χ1n) is 8.06. The van der Waals surface area contributed by atoms with Crippen LogP contribution in [0.15, 0.2) is 12.1 Å². The SMILES string of the molecule is COC(=O)c1ccc(-c2c(Cl)c(Cl)c(Cl)c(Cl)c2Cl)nc1-c1c(Cl)c(Cl)c(Cl)c(Cl)c1Cl. The molecule has 0 N–H and O–H groups in total. The lowest BCUT2D eigenvalue weighted by atomic mass is 10.0. The largest absolute Gasteiger partial charge is 0.465 e. The van der Waals surface area contributed by atoms with Crippen LogP contribution >= 0.6 is 116 Å². The number of carbonyl (C=O) groups excluding carboxylic acids is 1. The van der Waals surface area contributed by atoms with Crippen LogP contribution in [0.25, 0.3) is 22.5 Å². The summed E-state index contributed by atoms with van der Waals surface area (Å²) in [6.07, 6.45) is 0. The highest BCUT2D eigenvalue weighted by atomic mass is 35.5. The van der Waals surface area contributed by atoms with E-state index in [-0.39, 0.29) is 78.3 Å². The van der Waals surface area contributed by atoms with Crippen LogP contribution in [0.2, 0.25) is 50.2 Å². The number of benzene rings is 2. The Balaban J connectivity index is 2.46. The number of hydrogen-bond acceptors (Lipinski definition) is 3. The average molecular weight is 634 g/mol. The third kappa shape index (κ3) is 4.47. The number of nitrogens with zero attached hydrogens (tertiary/aromatic N) is 1. The van der Waals surface area contributed by atoms with Crippen LogP contribution in [-0.2, 0) is 4.74 Å². The van der Waals surface area contributed by atoms with Crippen LogP contribution < -0.4 is 0 Å². The quantitative estimate of drug-likeness (QED) is 0.164. The second-order valence-electron chi connectivity index (χ2n) is 5.97. The van der Waals surface area contributed by atoms with Gasteiger partial charge in [0.05, 0.1) is 74.3 Å². The van der Waals surface area contributed by atoms with Crippen molar-refractivity contribution in [1.82, 2.24) is 4.98 Å². The van der Waals surface area contributed by atoms with E-state index in [1.807, 2.05) is 0 Å². The molecule has 0 atom stereocenters. The van der Waals surface area contributed by atoms with Crippen LogP contribution in [0.5, 0.6) is 0 Å². The molecule has 13 heteroatoms. The standard InChI is InChI=1S/C19H5Cl10NO2/c1-32-19(31)4-2-3-5(6-8(20)12(24)16(28)13(25)9(6)21)30-18(4)7-10(22)14(26)17(29)15(27)11(7)23/h2-3H,1H3. The van der Waals surface area contributed by atoms with Gasteiger partial charge in [-0.2, -0.15) is 0 Å². The summed E-state index contributed by atoms with van der Waals surface area (Å²) in [5, 5.41) is -0.553. The van der Waals surface area contributed by atoms with Gasteiger partial charge >= 0.3 is 5.97 Å². The van der Waals surface area contributed by atoms with Gasteiger partial charge < -0.3 is 4.74 Å². The zero-order valence-electron chi connectivity index (χ0n) is 15.2. The molecule has 2 aromatic carbocycles. The average Bonchev–Trinajstić information content (AvgIpc) is 2.78. The van der Waals surface area contributed by atoms with E-state index in [4.69, 9.17) is 121 Å². The Morgan fingerprint density at radius 3 is 1.41 bits per heavy atom. The molecule has 0 radical (unpaired) electrons. The van der Waals surface area contributed by atoms with Crippen LogP contribution in [0.4, 0.5) is 0 Å². The first-order valence-corrected chi connectivity index (χ1v) is 11.8. The van der Waals surface area contributed by atoms with Crippen LogP contribution in [0.1, 0.15) is 10.4 Å². The summed E-state index contributed by atoms with van der Waals surface area (Å²) in [6, 6.07) is 2.85. The predicted octanol–water partition coefficient (Wildman–Crippen LogP) is 10.7. The van der Waals surface area contributed by atoms with Crippen LogP contribution in [0, 0.1) is 0 Å². The molecule has 32 heavy (non-hydrogen) atoms. The number of rotatable bonds is 3. The molecular formula is C19H5Cl10NO2. The lowest BCUT2D eigenvalue weighted by molar-refractivity contribution is 0.0601. The third-order valence-corrected chi connectivity index (χ3v) is 8.77. The Morgan fingerprint density at radius 1 is 0.625 bits per heavy atom. The van der Waals surface area contributed by atoms with Crippen molar-refractivity contribution in [3.05, 3.63) is 67.9 Å². The molecule has 3 rings (SSSR count). The van der Waals surface area contributed by atoms with Gasteiger partial charge in [0.15, 0.2) is 0 Å². The maximum Gasteiger partial charge on any atom is 0.340 e. The van der Waals surface area contributed by atoms with Crippen LogP contribution in [0.3, 0.4) is 0 Å². The van der Waals surface area contributed by atoms with E-state index in [0.717, 1.165) is 0 Å². The first-order chi connectivity index (χ1) is 14.9. The van der Waals surface area contributed by atoms with Crippen molar-refractivity contribution in [2.24, 2.45) is 0 Å². The molecule has 0 saturated carbocycles. The summed E-state index contributed by atoms with van der Waals surface area (Å²) in [5.41, 5.74) is 0.321. The fourth-order valence-corrected chi connectivity index (χ4v) is 5.36. The Hall–Kier alpha value is -0.0400. The molecule has 3 nitrogen and oxygen atoms in total. The molecule has 0 amide bonds. The number of methoxy groups -OCH3 is 1. The highest BCUT2D eigenvalue weighted by molar-refractivity contribution is 6.57. The summed E-state index contributed by atoms with van der Waals surface area (Å²) < 4.78 is 4.84. The number of carbonyl (C=O) groups is 1. The molecule has 168 valence electrons. The van der Waals surface area contributed by atoms with Gasteiger partial charge in [-0.1, -0.05) is 116 Å². The molecule has 0 aliphatic rings. The van der Waals surface area contributed by atoms with Crippen molar-refractivity contribution in [1.29, 1.82) is 0 Å². The lowest BCUT2D eigenvalue weighted by Gasteiger charge is -2.17. The normalized spacial score (nSPS) is 11.1. The van der Waals surface area contributed by atoms with Gasteiger partial charge in [-0.25, -0.2) is 9.78 Å². The molecule has 0 spiro atoms. The topological polar surface area (TPSA) is 39.2 Å². The number of hydrogen-bond donors (Lipinski definition) is 0. The van der Waals surface area contributed by atoms with Gasteiger partial charge in [0.25, 0.3) is 0 Å². The van der Waals surface area contributed by atoms with Crippen molar-refractivity contribution >= 4 is 122 Å². The summed E-state index contributed by atoms with van der Waals surface area (Å²) >= 11 is 62.4. The Kier molecular flexibility index (Phi) is 8.54. The highest BCUT2D eigenvalue weighted by Gasteiger charge is 2.28. The smallest absolute Gasteiger partial charge is 0.340 e. The van der Waals surface area contributed by atoms with Crippen molar-refractivity contribution < 1.29 is 9.53 Å². The minimum atomic E-state index is -0.738. The minimum absolute atomic E-state index is 0.00657. The number of halogens is 10. The maximum atomic E-state index is 12.4. The molecular weight excluding hydrogens is 629 g/mol. The fourth-order valence-electron chi connectivity index (χ4n) is 2.71. The second-order valence-corrected chi connectivity index (χ2v) is 9.75. The monoisotopic (exact) mass is 629 g/mol. The number of esters is 1. The third-order valence-electron chi connectivity index (χ3n) is 4.21. The molecule has 0 bridgehead atoms. The minimum Gasteiger partial charge on any atom is -0.465 e. The molecule has 0 saturated heterocycles.